The van der Waals surface area contributed by atoms with Gasteiger partial charge in [-0.1, -0.05) is 0 Å². The lowest BCUT2D eigenvalue weighted by molar-refractivity contribution is -0.138. The van der Waals surface area contributed by atoms with Crippen LogP contribution in [0.5, 0.6) is 0 Å². The lowest BCUT2D eigenvalue weighted by Crippen LogP contribution is -2.23. The Kier molecular flexibility index (Phi) is 1.55. The maximum atomic E-state index is 11.5. The van der Waals surface area contributed by atoms with Gasteiger partial charge in [0.2, 0.25) is 0 Å². The number of methoxy groups -OCH3 is 1. The molecule has 2 bridgehead atoms. The lowest BCUT2D eigenvalue weighted by Gasteiger charge is -2.11. The van der Waals surface area contributed by atoms with Gasteiger partial charge in [-0.2, -0.15) is 0 Å². The molecule has 15 heavy (non-hydrogen) atoms. The first-order valence-electron chi connectivity index (χ1n) is 4.86. The third-order valence-electron chi connectivity index (χ3n) is 3.53. The molecule has 4 unspecified atom stereocenters. The number of rotatable bonds is 2. The van der Waals surface area contributed by atoms with E-state index < -0.39 is 11.9 Å². The fourth-order valence-corrected chi connectivity index (χ4v) is 2.93. The summed E-state index contributed by atoms with van der Waals surface area (Å²) in [5, 5.41) is 9.07. The monoisotopic (exact) mass is 210 g/mol. The third-order valence-corrected chi connectivity index (χ3v) is 3.53. The van der Waals surface area contributed by atoms with E-state index in [0.29, 0.717) is 5.57 Å². The van der Waals surface area contributed by atoms with E-state index in [0.717, 1.165) is 6.42 Å². The summed E-state index contributed by atoms with van der Waals surface area (Å²) in [5.41, 5.74) is 0.541. The molecule has 1 aliphatic heterocycles. The van der Waals surface area contributed by atoms with Gasteiger partial charge in [0, 0.05) is 11.8 Å². The molecule has 0 aromatic rings. The van der Waals surface area contributed by atoms with Crippen molar-refractivity contribution in [1.82, 2.24) is 0 Å². The molecular weight excluding hydrogens is 200 g/mol. The van der Waals surface area contributed by atoms with E-state index in [9.17, 15) is 9.59 Å². The van der Waals surface area contributed by atoms with Crippen LogP contribution in [0.3, 0.4) is 0 Å². The summed E-state index contributed by atoms with van der Waals surface area (Å²) in [6.45, 7) is 0. The maximum absolute atomic E-state index is 11.5. The first-order valence-corrected chi connectivity index (χ1v) is 4.86. The van der Waals surface area contributed by atoms with Gasteiger partial charge < -0.3 is 14.6 Å². The number of esters is 1. The topological polar surface area (TPSA) is 76.1 Å². The minimum absolute atomic E-state index is 0.0366. The van der Waals surface area contributed by atoms with Gasteiger partial charge in [-0.05, 0) is 6.42 Å². The van der Waals surface area contributed by atoms with Gasteiger partial charge in [0.1, 0.15) is 0 Å². The molecular formula is C10H10O5. The molecule has 5 heteroatoms. The van der Waals surface area contributed by atoms with Gasteiger partial charge in [0.15, 0.2) is 0 Å². The predicted octanol–water partition coefficient (Wildman–Crippen LogP) is -0.0423. The van der Waals surface area contributed by atoms with Gasteiger partial charge in [-0.25, -0.2) is 9.59 Å². The maximum Gasteiger partial charge on any atom is 0.334 e. The molecule has 2 fully saturated rings. The number of carbonyl (C=O) groups excluding carboxylic acids is 1. The van der Waals surface area contributed by atoms with Crippen molar-refractivity contribution in [2.75, 3.05) is 7.11 Å². The highest BCUT2D eigenvalue weighted by Gasteiger charge is 2.65. The fraction of sp³-hybridized carbons (Fsp3) is 0.600. The lowest BCUT2D eigenvalue weighted by atomic mass is 9.92. The SMILES string of the molecule is COC(=O)C1=C(C(=O)O)C2CC1C1OC21. The van der Waals surface area contributed by atoms with Crippen molar-refractivity contribution >= 4 is 11.9 Å². The van der Waals surface area contributed by atoms with E-state index in [-0.39, 0.29) is 29.6 Å². The van der Waals surface area contributed by atoms with E-state index in [1.165, 1.54) is 7.11 Å². The van der Waals surface area contributed by atoms with Crippen LogP contribution in [-0.4, -0.2) is 36.4 Å². The predicted molar refractivity (Wildman–Crippen MR) is 46.9 cm³/mol. The van der Waals surface area contributed by atoms with Crippen LogP contribution in [-0.2, 0) is 19.1 Å². The van der Waals surface area contributed by atoms with Gasteiger partial charge >= 0.3 is 11.9 Å². The van der Waals surface area contributed by atoms with E-state index in [4.69, 9.17) is 9.84 Å². The van der Waals surface area contributed by atoms with Gasteiger partial charge in [-0.15, -0.1) is 0 Å². The number of aliphatic carboxylic acids is 1. The van der Waals surface area contributed by atoms with Crippen molar-refractivity contribution in [3.8, 4) is 0 Å². The quantitative estimate of drug-likeness (QED) is 0.511. The largest absolute Gasteiger partial charge is 0.478 e. The number of fused-ring (bicyclic) bond motifs is 5. The Morgan fingerprint density at radius 2 is 1.93 bits per heavy atom. The molecule has 4 atom stereocenters. The number of epoxide rings is 1. The molecule has 0 aromatic heterocycles. The highest BCUT2D eigenvalue weighted by Crippen LogP contribution is 2.58. The Balaban J connectivity index is 2.06. The zero-order valence-electron chi connectivity index (χ0n) is 8.10. The van der Waals surface area contributed by atoms with Crippen molar-refractivity contribution in [2.24, 2.45) is 11.8 Å². The van der Waals surface area contributed by atoms with Crippen LogP contribution in [0.15, 0.2) is 11.1 Å². The Labute approximate surface area is 85.7 Å². The Morgan fingerprint density at radius 3 is 2.47 bits per heavy atom. The summed E-state index contributed by atoms with van der Waals surface area (Å²) in [5.74, 6) is -1.70. The molecule has 2 aliphatic carbocycles. The summed E-state index contributed by atoms with van der Waals surface area (Å²) in [7, 11) is 1.27. The van der Waals surface area contributed by atoms with Crippen LogP contribution in [0.2, 0.25) is 0 Å². The fourth-order valence-electron chi connectivity index (χ4n) is 2.93. The van der Waals surface area contributed by atoms with Crippen LogP contribution in [0.25, 0.3) is 0 Å². The standard InChI is InChI=1S/C10H10O5/c1-14-10(13)6-4-2-3(5(6)9(11)12)7-8(4)15-7/h3-4,7-8H,2H2,1H3,(H,11,12). The number of hydrogen-bond acceptors (Lipinski definition) is 4. The second kappa shape index (κ2) is 2.61. The van der Waals surface area contributed by atoms with E-state index >= 15 is 0 Å². The summed E-state index contributed by atoms with van der Waals surface area (Å²) < 4.78 is 9.95. The molecule has 0 amide bonds. The third kappa shape index (κ3) is 0.958. The first-order chi connectivity index (χ1) is 7.15. The molecule has 80 valence electrons. The first kappa shape index (κ1) is 8.91. The minimum atomic E-state index is -1.02. The Bertz CT molecular complexity index is 397. The zero-order valence-corrected chi connectivity index (χ0v) is 8.10. The van der Waals surface area contributed by atoms with E-state index in [1.807, 2.05) is 0 Å². The van der Waals surface area contributed by atoms with Gasteiger partial charge in [0.05, 0.1) is 30.5 Å². The van der Waals surface area contributed by atoms with Crippen LogP contribution >= 0.6 is 0 Å². The number of carboxylic acids is 1. The molecule has 3 rings (SSSR count). The number of carboxylic acid groups (broad SMARTS) is 1. The molecule has 1 saturated heterocycles. The highest BCUT2D eigenvalue weighted by atomic mass is 16.6. The van der Waals surface area contributed by atoms with Crippen LogP contribution < -0.4 is 0 Å². The summed E-state index contributed by atoms with van der Waals surface area (Å²) in [6, 6.07) is 0. The smallest absolute Gasteiger partial charge is 0.334 e. The molecule has 0 radical (unpaired) electrons. The summed E-state index contributed by atoms with van der Waals surface area (Å²) >= 11 is 0. The Hall–Kier alpha value is -1.36. The van der Waals surface area contributed by atoms with Crippen LogP contribution in [0.4, 0.5) is 0 Å². The average molecular weight is 210 g/mol. The van der Waals surface area contributed by atoms with Crippen LogP contribution in [0, 0.1) is 11.8 Å². The van der Waals surface area contributed by atoms with Crippen molar-refractivity contribution in [1.29, 1.82) is 0 Å². The van der Waals surface area contributed by atoms with E-state index in [1.54, 1.807) is 0 Å². The molecule has 5 nitrogen and oxygen atoms in total. The molecule has 3 aliphatic rings. The van der Waals surface area contributed by atoms with E-state index in [2.05, 4.69) is 4.74 Å². The summed E-state index contributed by atoms with van der Waals surface area (Å²) in [4.78, 5) is 22.5. The molecule has 1 heterocycles. The van der Waals surface area contributed by atoms with Crippen LogP contribution in [0.1, 0.15) is 6.42 Å². The van der Waals surface area contributed by atoms with Crippen molar-refractivity contribution in [3.63, 3.8) is 0 Å². The second-order valence-corrected chi connectivity index (χ2v) is 4.14. The molecule has 1 saturated carbocycles. The Morgan fingerprint density at radius 1 is 1.33 bits per heavy atom. The zero-order chi connectivity index (χ0) is 10.7. The van der Waals surface area contributed by atoms with Gasteiger partial charge in [0.25, 0.3) is 0 Å². The number of hydrogen-bond donors (Lipinski definition) is 1. The molecule has 1 N–H and O–H groups in total. The normalized spacial score (nSPS) is 40.3. The average Bonchev–Trinajstić information content (AvgIpc) is 2.83. The molecule has 0 spiro atoms. The minimum Gasteiger partial charge on any atom is -0.478 e. The number of ether oxygens (including phenoxy) is 2. The second-order valence-electron chi connectivity index (χ2n) is 4.14. The molecule has 0 aromatic carbocycles. The number of carbonyl (C=O) groups is 2. The summed E-state index contributed by atoms with van der Waals surface area (Å²) in [6.07, 6.45) is 0.822. The van der Waals surface area contributed by atoms with Crippen molar-refractivity contribution in [3.05, 3.63) is 11.1 Å². The highest BCUT2D eigenvalue weighted by molar-refractivity contribution is 6.02. The van der Waals surface area contributed by atoms with Crippen molar-refractivity contribution in [2.45, 2.75) is 18.6 Å². The van der Waals surface area contributed by atoms with Crippen molar-refractivity contribution < 1.29 is 24.2 Å². The van der Waals surface area contributed by atoms with Gasteiger partial charge in [-0.3, -0.25) is 0 Å².